The van der Waals surface area contributed by atoms with Crippen molar-refractivity contribution in [1.29, 1.82) is 0 Å². The molecule has 146 valence electrons. The van der Waals surface area contributed by atoms with Crippen molar-refractivity contribution in [3.8, 4) is 5.75 Å². The van der Waals surface area contributed by atoms with Gasteiger partial charge in [0, 0.05) is 5.56 Å². The van der Waals surface area contributed by atoms with Crippen LogP contribution in [-0.4, -0.2) is 28.2 Å². The average molecular weight is 406 g/mol. The maximum absolute atomic E-state index is 13.0. The molecule has 0 aliphatic heterocycles. The molecule has 2 heterocycles. The van der Waals surface area contributed by atoms with Gasteiger partial charge in [-0.3, -0.25) is 14.2 Å². The highest BCUT2D eigenvalue weighted by atomic mass is 32.2. The van der Waals surface area contributed by atoms with Gasteiger partial charge in [-0.15, -0.1) is 0 Å². The number of ether oxygens (including phenoxy) is 1. The summed E-state index contributed by atoms with van der Waals surface area (Å²) in [5, 5.41) is 1.00. The number of para-hydroxylation sites is 1. The van der Waals surface area contributed by atoms with Crippen LogP contribution in [0.15, 0.2) is 81.3 Å². The lowest BCUT2D eigenvalue weighted by Crippen LogP contribution is -2.24. The van der Waals surface area contributed by atoms with E-state index in [9.17, 15) is 9.59 Å². The highest BCUT2D eigenvalue weighted by Gasteiger charge is 2.15. The van der Waals surface area contributed by atoms with Crippen molar-refractivity contribution in [3.63, 3.8) is 0 Å². The number of hydrogen-bond acceptors (Lipinski definition) is 6. The molecule has 6 nitrogen and oxygen atoms in total. The highest BCUT2D eigenvalue weighted by molar-refractivity contribution is 7.99. The van der Waals surface area contributed by atoms with Gasteiger partial charge in [0.15, 0.2) is 10.9 Å². The Kier molecular flexibility index (Phi) is 5.48. The van der Waals surface area contributed by atoms with Crippen molar-refractivity contribution in [1.82, 2.24) is 9.55 Å². The molecule has 2 aromatic heterocycles. The van der Waals surface area contributed by atoms with Crippen molar-refractivity contribution in [2.24, 2.45) is 0 Å². The molecule has 0 atom stereocenters. The molecule has 0 aliphatic rings. The maximum atomic E-state index is 13.0. The summed E-state index contributed by atoms with van der Waals surface area (Å²) in [6.07, 6.45) is 1.56. The van der Waals surface area contributed by atoms with Gasteiger partial charge < -0.3 is 9.15 Å². The lowest BCUT2D eigenvalue weighted by molar-refractivity contribution is 0.102. The number of rotatable bonds is 7. The topological polar surface area (TPSA) is 74.3 Å². The molecule has 2 aromatic carbocycles. The Morgan fingerprint density at radius 1 is 1.14 bits per heavy atom. The number of nitrogens with zero attached hydrogens (tertiary/aromatic N) is 2. The molecule has 0 amide bonds. The monoisotopic (exact) mass is 406 g/mol. The molecule has 0 radical (unpaired) electrons. The summed E-state index contributed by atoms with van der Waals surface area (Å²) in [5.41, 5.74) is 0.991. The number of carbonyl (C=O) groups is 1. The van der Waals surface area contributed by atoms with Gasteiger partial charge in [-0.25, -0.2) is 4.98 Å². The summed E-state index contributed by atoms with van der Waals surface area (Å²) >= 11 is 1.23. The molecule has 4 rings (SSSR count). The summed E-state index contributed by atoms with van der Waals surface area (Å²) in [5.74, 6) is 1.35. The first-order valence-electron chi connectivity index (χ1n) is 8.98. The van der Waals surface area contributed by atoms with Gasteiger partial charge in [0.25, 0.3) is 5.56 Å². The lowest BCUT2D eigenvalue weighted by atomic mass is 10.1. The lowest BCUT2D eigenvalue weighted by Gasteiger charge is -2.12. The van der Waals surface area contributed by atoms with E-state index in [2.05, 4.69) is 4.98 Å². The van der Waals surface area contributed by atoms with E-state index in [1.807, 2.05) is 12.1 Å². The van der Waals surface area contributed by atoms with Crippen molar-refractivity contribution in [3.05, 3.63) is 88.6 Å². The SMILES string of the molecule is COc1cccc(C(=O)CSc2nc3ccccc3c(=O)n2Cc2ccco2)c1. The van der Waals surface area contributed by atoms with E-state index in [1.54, 1.807) is 66.5 Å². The van der Waals surface area contributed by atoms with E-state index in [0.717, 1.165) is 0 Å². The van der Waals surface area contributed by atoms with Crippen LogP contribution in [0, 0.1) is 0 Å². The Balaban J connectivity index is 1.66. The zero-order valence-corrected chi connectivity index (χ0v) is 16.5. The number of methoxy groups -OCH3 is 1. The zero-order valence-electron chi connectivity index (χ0n) is 15.7. The predicted octanol–water partition coefficient (Wildman–Crippen LogP) is 4.02. The summed E-state index contributed by atoms with van der Waals surface area (Å²) in [4.78, 5) is 30.3. The fourth-order valence-corrected chi connectivity index (χ4v) is 3.86. The van der Waals surface area contributed by atoms with Crippen LogP contribution in [0.4, 0.5) is 0 Å². The number of aromatic nitrogens is 2. The fraction of sp³-hybridized carbons (Fsp3) is 0.136. The molecule has 0 spiro atoms. The third kappa shape index (κ3) is 4.09. The number of fused-ring (bicyclic) bond motifs is 1. The Labute approximate surface area is 171 Å². The molecule has 29 heavy (non-hydrogen) atoms. The van der Waals surface area contributed by atoms with Crippen molar-refractivity contribution >= 4 is 28.4 Å². The first kappa shape index (κ1) is 19.0. The third-order valence-electron chi connectivity index (χ3n) is 4.44. The van der Waals surface area contributed by atoms with Crippen LogP contribution in [0.3, 0.4) is 0 Å². The van der Waals surface area contributed by atoms with E-state index in [-0.39, 0.29) is 23.6 Å². The molecule has 0 N–H and O–H groups in total. The van der Waals surface area contributed by atoms with Crippen LogP contribution >= 0.6 is 11.8 Å². The number of furan rings is 1. The summed E-state index contributed by atoms with van der Waals surface area (Å²) in [6, 6.07) is 17.8. The molecule has 0 unspecified atom stereocenters. The second-order valence-corrected chi connectivity index (χ2v) is 7.27. The van der Waals surface area contributed by atoms with Crippen LogP contribution < -0.4 is 10.3 Å². The Morgan fingerprint density at radius 2 is 2.00 bits per heavy atom. The molecular weight excluding hydrogens is 388 g/mol. The third-order valence-corrected chi connectivity index (χ3v) is 5.42. The number of benzene rings is 2. The van der Waals surface area contributed by atoms with Gasteiger partial charge >= 0.3 is 0 Å². The van der Waals surface area contributed by atoms with Crippen LogP contribution in [0.5, 0.6) is 5.75 Å². The molecule has 0 bridgehead atoms. The average Bonchev–Trinajstić information content (AvgIpc) is 3.27. The number of Topliss-reactive ketones (excluding diaryl/α,β-unsaturated/α-hetero) is 1. The Morgan fingerprint density at radius 3 is 2.79 bits per heavy atom. The van der Waals surface area contributed by atoms with Crippen LogP contribution in [-0.2, 0) is 6.54 Å². The van der Waals surface area contributed by atoms with Gasteiger partial charge in [0.05, 0.1) is 36.6 Å². The minimum Gasteiger partial charge on any atom is -0.497 e. The van der Waals surface area contributed by atoms with E-state index in [0.29, 0.717) is 33.1 Å². The number of ketones is 1. The standard InChI is InChI=1S/C22H18N2O4S/c1-27-16-7-4-6-15(12-16)20(25)14-29-22-23-19-10-3-2-9-18(19)21(26)24(22)13-17-8-5-11-28-17/h2-12H,13-14H2,1H3. The van der Waals surface area contributed by atoms with E-state index in [1.165, 1.54) is 11.8 Å². The van der Waals surface area contributed by atoms with E-state index in [4.69, 9.17) is 9.15 Å². The van der Waals surface area contributed by atoms with E-state index < -0.39 is 0 Å². The first-order valence-corrected chi connectivity index (χ1v) is 9.96. The maximum Gasteiger partial charge on any atom is 0.262 e. The van der Waals surface area contributed by atoms with Crippen molar-refractivity contribution in [2.45, 2.75) is 11.7 Å². The summed E-state index contributed by atoms with van der Waals surface area (Å²) in [6.45, 7) is 0.249. The second-order valence-electron chi connectivity index (χ2n) is 6.33. The van der Waals surface area contributed by atoms with Gasteiger partial charge in [0.2, 0.25) is 0 Å². The Bertz CT molecular complexity index is 1220. The molecular formula is C22H18N2O4S. The van der Waals surface area contributed by atoms with Gasteiger partial charge in [-0.1, -0.05) is 36.0 Å². The number of thioether (sulfide) groups is 1. The molecule has 7 heteroatoms. The summed E-state index contributed by atoms with van der Waals surface area (Å²) in [7, 11) is 1.56. The van der Waals surface area contributed by atoms with Crippen LogP contribution in [0.1, 0.15) is 16.1 Å². The highest BCUT2D eigenvalue weighted by Crippen LogP contribution is 2.21. The molecule has 0 saturated heterocycles. The van der Waals surface area contributed by atoms with Gasteiger partial charge in [-0.2, -0.15) is 0 Å². The smallest absolute Gasteiger partial charge is 0.262 e. The molecule has 0 fully saturated rings. The fourth-order valence-electron chi connectivity index (χ4n) is 2.97. The van der Waals surface area contributed by atoms with Crippen molar-refractivity contribution in [2.75, 3.05) is 12.9 Å². The van der Waals surface area contributed by atoms with Crippen LogP contribution in [0.25, 0.3) is 10.9 Å². The molecule has 0 aliphatic carbocycles. The second kappa shape index (κ2) is 8.36. The summed E-state index contributed by atoms with van der Waals surface area (Å²) < 4.78 is 12.1. The molecule has 4 aromatic rings. The predicted molar refractivity (Wildman–Crippen MR) is 112 cm³/mol. The minimum absolute atomic E-state index is 0.0687. The van der Waals surface area contributed by atoms with Gasteiger partial charge in [-0.05, 0) is 36.4 Å². The largest absolute Gasteiger partial charge is 0.497 e. The zero-order chi connectivity index (χ0) is 20.2. The normalized spacial score (nSPS) is 10.9. The van der Waals surface area contributed by atoms with Crippen LogP contribution in [0.2, 0.25) is 0 Å². The number of hydrogen-bond donors (Lipinski definition) is 0. The van der Waals surface area contributed by atoms with E-state index >= 15 is 0 Å². The quantitative estimate of drug-likeness (QED) is 0.262. The van der Waals surface area contributed by atoms with Crippen molar-refractivity contribution < 1.29 is 13.9 Å². The van der Waals surface area contributed by atoms with Gasteiger partial charge in [0.1, 0.15) is 11.5 Å². The minimum atomic E-state index is -0.164. The Hall–Kier alpha value is -3.32. The number of carbonyl (C=O) groups excluding carboxylic acids is 1. The molecule has 0 saturated carbocycles. The first-order chi connectivity index (χ1) is 14.2.